The van der Waals surface area contributed by atoms with Crippen LogP contribution in [0, 0.1) is 0 Å². The maximum Gasteiger partial charge on any atom is 0.268 e. The zero-order valence-corrected chi connectivity index (χ0v) is 13.2. The Balaban J connectivity index is 1.84. The minimum Gasteiger partial charge on any atom is -0.476 e. The van der Waals surface area contributed by atoms with Gasteiger partial charge in [-0.2, -0.15) is 0 Å². The van der Waals surface area contributed by atoms with Crippen molar-refractivity contribution in [1.29, 1.82) is 0 Å². The van der Waals surface area contributed by atoms with E-state index < -0.39 is 6.10 Å². The minimum absolute atomic E-state index is 0.0349. The van der Waals surface area contributed by atoms with Gasteiger partial charge in [0.05, 0.1) is 0 Å². The molecule has 3 rings (SSSR count). The number of carbonyl (C=O) groups excluding carboxylic acids is 1. The number of benzene rings is 2. The van der Waals surface area contributed by atoms with E-state index in [1.807, 2.05) is 35.2 Å². The van der Waals surface area contributed by atoms with Crippen LogP contribution < -0.4 is 10.2 Å². The number of carbonyl (C=O) groups is 1. The summed E-state index contributed by atoms with van der Waals surface area (Å²) in [6, 6.07) is 16.8. The average Bonchev–Trinajstić information content (AvgIpc) is 2.62. The van der Waals surface area contributed by atoms with Crippen LogP contribution in [-0.2, 0) is 4.79 Å². The van der Waals surface area contributed by atoms with Gasteiger partial charge in [0.1, 0.15) is 13.6 Å². The topological polar surface area (TPSA) is 29.5 Å². The van der Waals surface area contributed by atoms with Gasteiger partial charge < -0.3 is 9.64 Å². The molecule has 1 heterocycles. The third-order valence-corrected chi connectivity index (χ3v) is 4.13. The third kappa shape index (κ3) is 3.95. The lowest BCUT2D eigenvalue weighted by atomic mass is 9.97. The molecule has 1 unspecified atom stereocenters. The Morgan fingerprint density at radius 1 is 0.957 bits per heavy atom. The van der Waals surface area contributed by atoms with Crippen LogP contribution in [0.3, 0.4) is 0 Å². The van der Waals surface area contributed by atoms with E-state index >= 15 is 0 Å². The largest absolute Gasteiger partial charge is 0.476 e. The third-order valence-electron chi connectivity index (χ3n) is 4.13. The Morgan fingerprint density at radius 2 is 1.61 bits per heavy atom. The van der Waals surface area contributed by atoms with Crippen molar-refractivity contribution in [2.45, 2.75) is 25.4 Å². The zero-order chi connectivity index (χ0) is 16.1. The van der Waals surface area contributed by atoms with Crippen molar-refractivity contribution in [3.8, 4) is 5.75 Å². The second kappa shape index (κ2) is 7.36. The highest BCUT2D eigenvalue weighted by molar-refractivity contribution is 6.32. The summed E-state index contributed by atoms with van der Waals surface area (Å²) in [5.74, 6) is 0.686. The number of ether oxygens (including phenoxy) is 1. The molecule has 0 spiro atoms. The summed E-state index contributed by atoms with van der Waals surface area (Å²) in [5.41, 5.74) is 1.55. The molecule has 0 saturated carbocycles. The first-order chi connectivity index (χ1) is 11.2. The van der Waals surface area contributed by atoms with Gasteiger partial charge in [-0.3, -0.25) is 4.79 Å². The fourth-order valence-corrected chi connectivity index (χ4v) is 2.85. The molecule has 3 nitrogen and oxygen atoms in total. The monoisotopic (exact) mass is 305 g/mol. The highest BCUT2D eigenvalue weighted by atomic mass is 16.5. The van der Waals surface area contributed by atoms with Gasteiger partial charge in [-0.05, 0) is 31.4 Å². The summed E-state index contributed by atoms with van der Waals surface area (Å²) < 4.78 is 6.02. The predicted octanol–water partition coefficient (Wildman–Crippen LogP) is 2.61. The second-order valence-corrected chi connectivity index (χ2v) is 5.86. The van der Waals surface area contributed by atoms with Crippen molar-refractivity contribution in [2.24, 2.45) is 0 Å². The van der Waals surface area contributed by atoms with Gasteiger partial charge in [-0.15, -0.1) is 0 Å². The Morgan fingerprint density at radius 3 is 2.26 bits per heavy atom. The smallest absolute Gasteiger partial charge is 0.268 e. The molecule has 4 heteroatoms. The number of hydrogen-bond donors (Lipinski definition) is 0. The summed E-state index contributed by atoms with van der Waals surface area (Å²) in [6.07, 6.45) is 2.71. The van der Waals surface area contributed by atoms with Gasteiger partial charge in [0, 0.05) is 18.7 Å². The van der Waals surface area contributed by atoms with Gasteiger partial charge in [0.25, 0.3) is 5.91 Å². The lowest BCUT2D eigenvalue weighted by molar-refractivity contribution is -0.140. The molecule has 1 saturated heterocycles. The maximum atomic E-state index is 12.9. The van der Waals surface area contributed by atoms with Crippen molar-refractivity contribution >= 4 is 19.2 Å². The second-order valence-electron chi connectivity index (χ2n) is 5.86. The zero-order valence-electron chi connectivity index (χ0n) is 13.2. The van der Waals surface area contributed by atoms with Crippen LogP contribution in [0.15, 0.2) is 54.6 Å². The molecular formula is C19H20BNO2. The molecule has 2 aromatic rings. The molecule has 0 aromatic heterocycles. The summed E-state index contributed by atoms with van der Waals surface area (Å²) in [4.78, 5) is 14.9. The molecule has 1 aliphatic rings. The molecular weight excluding hydrogens is 285 g/mol. The number of rotatable bonds is 4. The Labute approximate surface area is 138 Å². The molecule has 0 N–H and O–H groups in total. The fraction of sp³-hybridized carbons (Fsp3) is 0.316. The number of likely N-dealkylation sites (tertiary alicyclic amines) is 1. The highest BCUT2D eigenvalue weighted by Crippen LogP contribution is 2.25. The molecule has 116 valence electrons. The molecule has 23 heavy (non-hydrogen) atoms. The van der Waals surface area contributed by atoms with E-state index in [4.69, 9.17) is 12.6 Å². The van der Waals surface area contributed by atoms with Crippen molar-refractivity contribution < 1.29 is 9.53 Å². The molecule has 0 bridgehead atoms. The minimum atomic E-state index is -0.613. The van der Waals surface area contributed by atoms with Crippen molar-refractivity contribution in [3.63, 3.8) is 0 Å². The SMILES string of the molecule is [B]c1ccc(OC(C(=O)N2CCCCC2)c2ccccc2)cc1. The molecule has 1 amide bonds. The van der Waals surface area contributed by atoms with Crippen molar-refractivity contribution in [2.75, 3.05) is 13.1 Å². The quantitative estimate of drug-likeness (QED) is 0.813. The molecule has 1 fully saturated rings. The summed E-state index contributed by atoms with van der Waals surface area (Å²) >= 11 is 0. The molecule has 1 aliphatic heterocycles. The van der Waals surface area contributed by atoms with Crippen LogP contribution in [0.1, 0.15) is 30.9 Å². The number of nitrogens with zero attached hydrogens (tertiary/aromatic N) is 1. The van der Waals surface area contributed by atoms with Gasteiger partial charge in [-0.25, -0.2) is 0 Å². The van der Waals surface area contributed by atoms with Crippen LogP contribution in [0.5, 0.6) is 5.75 Å². The first kappa shape index (κ1) is 15.7. The summed E-state index contributed by atoms with van der Waals surface area (Å²) in [7, 11) is 5.71. The van der Waals surface area contributed by atoms with Crippen LogP contribution in [0.4, 0.5) is 0 Å². The van der Waals surface area contributed by atoms with Gasteiger partial charge >= 0.3 is 0 Å². The summed E-state index contributed by atoms with van der Waals surface area (Å²) in [6.45, 7) is 1.63. The van der Waals surface area contributed by atoms with Crippen molar-refractivity contribution in [3.05, 3.63) is 60.2 Å². The number of piperidine rings is 1. The van der Waals surface area contributed by atoms with Gasteiger partial charge in [-0.1, -0.05) is 47.9 Å². The molecule has 1 atom stereocenters. The molecule has 0 aliphatic carbocycles. The van der Waals surface area contributed by atoms with E-state index in [1.54, 1.807) is 24.3 Å². The molecule has 2 aromatic carbocycles. The Bertz CT molecular complexity index is 636. The number of amides is 1. The van der Waals surface area contributed by atoms with E-state index in [-0.39, 0.29) is 5.91 Å². The maximum absolute atomic E-state index is 12.9. The van der Waals surface area contributed by atoms with E-state index in [0.29, 0.717) is 11.2 Å². The van der Waals surface area contributed by atoms with Crippen LogP contribution in [0.2, 0.25) is 0 Å². The van der Waals surface area contributed by atoms with Gasteiger partial charge in [0.2, 0.25) is 6.10 Å². The average molecular weight is 305 g/mol. The lowest BCUT2D eigenvalue weighted by Gasteiger charge is -2.30. The van der Waals surface area contributed by atoms with E-state index in [1.165, 1.54) is 6.42 Å². The van der Waals surface area contributed by atoms with Crippen LogP contribution in [0.25, 0.3) is 0 Å². The fourth-order valence-electron chi connectivity index (χ4n) is 2.85. The first-order valence-corrected chi connectivity index (χ1v) is 8.10. The predicted molar refractivity (Wildman–Crippen MR) is 92.1 cm³/mol. The Hall–Kier alpha value is -2.23. The van der Waals surface area contributed by atoms with Gasteiger partial charge in [0.15, 0.2) is 0 Å². The van der Waals surface area contributed by atoms with E-state index in [0.717, 1.165) is 31.5 Å². The normalized spacial score (nSPS) is 15.9. The van der Waals surface area contributed by atoms with Crippen molar-refractivity contribution in [1.82, 2.24) is 4.90 Å². The highest BCUT2D eigenvalue weighted by Gasteiger charge is 2.28. The van der Waals surface area contributed by atoms with Crippen LogP contribution >= 0.6 is 0 Å². The Kier molecular flexibility index (Phi) is 5.01. The van der Waals surface area contributed by atoms with E-state index in [9.17, 15) is 4.79 Å². The number of hydrogen-bond acceptors (Lipinski definition) is 2. The lowest BCUT2D eigenvalue weighted by Crippen LogP contribution is -2.40. The first-order valence-electron chi connectivity index (χ1n) is 8.10. The van der Waals surface area contributed by atoms with E-state index in [2.05, 4.69) is 0 Å². The van der Waals surface area contributed by atoms with Crippen LogP contribution in [-0.4, -0.2) is 31.7 Å². The standard InChI is InChI=1S/C19H20BNO2/c20-16-9-11-17(12-10-16)23-18(15-7-3-1-4-8-15)19(22)21-13-5-2-6-14-21/h1,3-4,7-12,18H,2,5-6,13-14H2. The molecule has 2 radical (unpaired) electrons. The summed E-state index contributed by atoms with van der Waals surface area (Å²) in [5, 5.41) is 0.